The molecule has 4 nitrogen and oxygen atoms in total. The van der Waals surface area contributed by atoms with Crippen molar-refractivity contribution < 1.29 is 19.4 Å². The monoisotopic (exact) mass is 416 g/mol. The van der Waals surface area contributed by atoms with Gasteiger partial charge in [-0.1, -0.05) is 103 Å². The first kappa shape index (κ1) is 25.9. The highest BCUT2D eigenvalue weighted by molar-refractivity contribution is 6.02. The number of esters is 1. The number of hydrogen-bond donors (Lipinski definition) is 1. The Morgan fingerprint density at radius 2 is 1.23 bits per heavy atom. The van der Waals surface area contributed by atoms with Crippen LogP contribution in [0, 0.1) is 0 Å². The summed E-state index contributed by atoms with van der Waals surface area (Å²) in [5.41, 5.74) is 0.0361. The Kier molecular flexibility index (Phi) is 15.3. The molecular weight excluding hydrogens is 376 g/mol. The van der Waals surface area contributed by atoms with Crippen LogP contribution < -0.4 is 0 Å². The van der Waals surface area contributed by atoms with Crippen molar-refractivity contribution in [1.29, 1.82) is 0 Å². The van der Waals surface area contributed by atoms with E-state index in [-0.39, 0.29) is 11.1 Å². The number of carbonyl (C=O) groups excluding carboxylic acids is 1. The largest absolute Gasteiger partial charge is 0.478 e. The van der Waals surface area contributed by atoms with Crippen LogP contribution in [0.1, 0.15) is 124 Å². The van der Waals surface area contributed by atoms with Crippen molar-refractivity contribution in [2.45, 2.75) is 103 Å². The number of carbonyl (C=O) groups is 2. The van der Waals surface area contributed by atoms with E-state index >= 15 is 0 Å². The Labute approximate surface area is 182 Å². The number of carboxylic acids is 1. The summed E-state index contributed by atoms with van der Waals surface area (Å²) >= 11 is 0. The molecule has 0 aliphatic carbocycles. The first-order valence-corrected chi connectivity index (χ1v) is 11.8. The van der Waals surface area contributed by atoms with Gasteiger partial charge in [0.2, 0.25) is 0 Å². The normalized spacial score (nSPS) is 11.1. The van der Waals surface area contributed by atoms with Gasteiger partial charge >= 0.3 is 11.9 Å². The van der Waals surface area contributed by atoms with E-state index in [0.29, 0.717) is 0 Å². The van der Waals surface area contributed by atoms with Crippen LogP contribution in [0.25, 0.3) is 0 Å². The van der Waals surface area contributed by atoms with Gasteiger partial charge in [0.15, 0.2) is 0 Å². The fourth-order valence-corrected chi connectivity index (χ4v) is 3.55. The molecule has 0 fully saturated rings. The standard InChI is InChI=1S/C26H40O4/c1-2-3-4-5-6-7-8-9-10-11-12-13-14-15-16-19-22-30-26(29)24-21-18-17-20-23(24)25(27)28/h17-22H,2-16H2,1H3,(H,27,28)/b22-19+. The third-order valence-corrected chi connectivity index (χ3v) is 5.37. The van der Waals surface area contributed by atoms with Crippen LogP contribution in [0.4, 0.5) is 0 Å². The summed E-state index contributed by atoms with van der Waals surface area (Å²) in [7, 11) is 0. The van der Waals surface area contributed by atoms with Gasteiger partial charge in [-0.05, 0) is 31.1 Å². The molecule has 168 valence electrons. The number of ether oxygens (including phenoxy) is 1. The molecule has 0 atom stereocenters. The molecule has 0 aromatic heterocycles. The van der Waals surface area contributed by atoms with Crippen LogP contribution >= 0.6 is 0 Å². The van der Waals surface area contributed by atoms with Gasteiger partial charge in [0.1, 0.15) is 0 Å². The number of benzene rings is 1. The van der Waals surface area contributed by atoms with Crippen LogP contribution in [-0.4, -0.2) is 17.0 Å². The van der Waals surface area contributed by atoms with Gasteiger partial charge in [0.05, 0.1) is 17.4 Å². The van der Waals surface area contributed by atoms with Gasteiger partial charge in [0, 0.05) is 0 Å². The van der Waals surface area contributed by atoms with Gasteiger partial charge in [-0.15, -0.1) is 0 Å². The van der Waals surface area contributed by atoms with Gasteiger partial charge in [-0.25, -0.2) is 9.59 Å². The zero-order valence-electron chi connectivity index (χ0n) is 18.7. The number of carboxylic acid groups (broad SMARTS) is 1. The summed E-state index contributed by atoms with van der Waals surface area (Å²) in [5, 5.41) is 9.11. The first-order valence-electron chi connectivity index (χ1n) is 11.8. The fraction of sp³-hybridized carbons (Fsp3) is 0.615. The predicted octanol–water partition coefficient (Wildman–Crippen LogP) is 7.93. The number of rotatable bonds is 18. The van der Waals surface area contributed by atoms with Crippen molar-refractivity contribution in [2.24, 2.45) is 0 Å². The van der Waals surface area contributed by atoms with Crippen molar-refractivity contribution in [2.75, 3.05) is 0 Å². The second-order valence-electron chi connectivity index (χ2n) is 8.01. The number of aromatic carboxylic acids is 1. The number of hydrogen-bond acceptors (Lipinski definition) is 3. The minimum atomic E-state index is -1.13. The Balaban J connectivity index is 1.95. The fourth-order valence-electron chi connectivity index (χ4n) is 3.55. The van der Waals surface area contributed by atoms with Gasteiger partial charge < -0.3 is 9.84 Å². The van der Waals surface area contributed by atoms with E-state index in [1.165, 1.54) is 102 Å². The van der Waals surface area contributed by atoms with E-state index in [0.717, 1.165) is 12.8 Å². The highest BCUT2D eigenvalue weighted by Gasteiger charge is 2.16. The molecule has 0 saturated heterocycles. The lowest BCUT2D eigenvalue weighted by Gasteiger charge is -2.03. The smallest absolute Gasteiger partial charge is 0.343 e. The second kappa shape index (κ2) is 17.7. The Bertz CT molecular complexity index is 621. The predicted molar refractivity (Wildman–Crippen MR) is 123 cm³/mol. The lowest BCUT2D eigenvalue weighted by atomic mass is 10.0. The summed E-state index contributed by atoms with van der Waals surface area (Å²) in [5.74, 6) is -1.76. The Morgan fingerprint density at radius 3 is 1.73 bits per heavy atom. The molecule has 0 heterocycles. The lowest BCUT2D eigenvalue weighted by molar-refractivity contribution is 0.0631. The highest BCUT2D eigenvalue weighted by atomic mass is 16.5. The molecule has 30 heavy (non-hydrogen) atoms. The van der Waals surface area contributed by atoms with Crippen molar-refractivity contribution >= 4 is 11.9 Å². The molecule has 1 aromatic rings. The maximum absolute atomic E-state index is 12.0. The minimum Gasteiger partial charge on any atom is -0.478 e. The summed E-state index contributed by atoms with van der Waals surface area (Å²) in [4.78, 5) is 23.1. The van der Waals surface area contributed by atoms with Gasteiger partial charge in [-0.2, -0.15) is 0 Å². The molecule has 1 rings (SSSR count). The summed E-state index contributed by atoms with van der Waals surface area (Å²) in [6.07, 6.45) is 22.8. The lowest BCUT2D eigenvalue weighted by Crippen LogP contribution is -2.09. The average molecular weight is 417 g/mol. The van der Waals surface area contributed by atoms with Crippen LogP contribution in [0.3, 0.4) is 0 Å². The maximum atomic E-state index is 12.0. The minimum absolute atomic E-state index is 0.0390. The highest BCUT2D eigenvalue weighted by Crippen LogP contribution is 2.14. The molecule has 0 radical (unpaired) electrons. The van der Waals surface area contributed by atoms with E-state index in [9.17, 15) is 9.59 Å². The number of unbranched alkanes of at least 4 members (excludes halogenated alkanes) is 14. The molecule has 0 saturated carbocycles. The van der Waals surface area contributed by atoms with Gasteiger partial charge in [0.25, 0.3) is 0 Å². The van der Waals surface area contributed by atoms with E-state index < -0.39 is 11.9 Å². The quantitative estimate of drug-likeness (QED) is 0.150. The zero-order valence-corrected chi connectivity index (χ0v) is 18.7. The third kappa shape index (κ3) is 12.5. The van der Waals surface area contributed by atoms with Crippen molar-refractivity contribution in [3.8, 4) is 0 Å². The molecule has 0 amide bonds. The molecule has 1 aromatic carbocycles. The zero-order chi connectivity index (χ0) is 21.9. The molecule has 0 aliphatic rings. The maximum Gasteiger partial charge on any atom is 0.343 e. The topological polar surface area (TPSA) is 63.6 Å². The third-order valence-electron chi connectivity index (χ3n) is 5.37. The second-order valence-corrected chi connectivity index (χ2v) is 8.01. The van der Waals surface area contributed by atoms with Crippen LogP contribution in [0.2, 0.25) is 0 Å². The summed E-state index contributed by atoms with van der Waals surface area (Å²) in [6.45, 7) is 2.26. The molecule has 0 bridgehead atoms. The summed E-state index contributed by atoms with van der Waals surface area (Å²) < 4.78 is 5.06. The average Bonchev–Trinajstić information content (AvgIpc) is 2.75. The molecular formula is C26H40O4. The van der Waals surface area contributed by atoms with Gasteiger partial charge in [-0.3, -0.25) is 0 Å². The van der Waals surface area contributed by atoms with Crippen LogP contribution in [0.15, 0.2) is 36.6 Å². The van der Waals surface area contributed by atoms with E-state index in [2.05, 4.69) is 6.92 Å². The Morgan fingerprint density at radius 1 is 0.767 bits per heavy atom. The molecule has 1 N–H and O–H groups in total. The Hall–Kier alpha value is -2.10. The molecule has 0 aliphatic heterocycles. The first-order chi connectivity index (χ1) is 14.7. The molecule has 0 spiro atoms. The van der Waals surface area contributed by atoms with E-state index in [1.807, 2.05) is 6.08 Å². The SMILES string of the molecule is CCCCCCCCCCCCCCCC/C=C/OC(=O)c1ccccc1C(=O)O. The summed E-state index contributed by atoms with van der Waals surface area (Å²) in [6, 6.07) is 6.08. The molecule has 0 unspecified atom stereocenters. The van der Waals surface area contributed by atoms with E-state index in [1.54, 1.807) is 12.1 Å². The van der Waals surface area contributed by atoms with Crippen molar-refractivity contribution in [1.82, 2.24) is 0 Å². The van der Waals surface area contributed by atoms with Crippen LogP contribution in [-0.2, 0) is 4.74 Å². The number of allylic oxidation sites excluding steroid dienone is 1. The molecule has 4 heteroatoms. The van der Waals surface area contributed by atoms with Crippen LogP contribution in [0.5, 0.6) is 0 Å². The van der Waals surface area contributed by atoms with E-state index in [4.69, 9.17) is 9.84 Å². The van der Waals surface area contributed by atoms with Crippen molar-refractivity contribution in [3.63, 3.8) is 0 Å². The van der Waals surface area contributed by atoms with Crippen molar-refractivity contribution in [3.05, 3.63) is 47.7 Å².